The van der Waals surface area contributed by atoms with Crippen LogP contribution in [0.1, 0.15) is 18.2 Å². The number of aryl methyl sites for hydroxylation is 2. The maximum atomic E-state index is 9.29. The zero-order valence-electron chi connectivity index (χ0n) is 11.6. The van der Waals surface area contributed by atoms with E-state index in [2.05, 4.69) is 10.00 Å². The molecule has 0 bridgehead atoms. The standard InChI is InChI=1S/C12H21N5O2/c1-7-4-17(5-9(6-18)19-7)12-10(11(13)14)8(2)15-16(12)3/h7,9,18H,4-6H2,1-3H3,(H3,13,14). The van der Waals surface area contributed by atoms with Crippen LogP contribution in [-0.4, -0.2) is 52.6 Å². The lowest BCUT2D eigenvalue weighted by Crippen LogP contribution is -2.49. The number of ether oxygens (including phenoxy) is 1. The number of amidine groups is 1. The maximum absolute atomic E-state index is 9.29. The van der Waals surface area contributed by atoms with E-state index in [9.17, 15) is 5.11 Å². The van der Waals surface area contributed by atoms with Crippen LogP contribution >= 0.6 is 0 Å². The van der Waals surface area contributed by atoms with E-state index in [0.29, 0.717) is 18.7 Å². The Labute approximate surface area is 112 Å². The molecule has 2 heterocycles. The third-order valence-electron chi connectivity index (χ3n) is 3.29. The second kappa shape index (κ2) is 5.18. The summed E-state index contributed by atoms with van der Waals surface area (Å²) in [5.74, 6) is 0.832. The Morgan fingerprint density at radius 2 is 2.26 bits per heavy atom. The molecular weight excluding hydrogens is 246 g/mol. The van der Waals surface area contributed by atoms with Crippen molar-refractivity contribution < 1.29 is 9.84 Å². The molecule has 0 spiro atoms. The fourth-order valence-electron chi connectivity index (χ4n) is 2.64. The second-order valence-corrected chi connectivity index (χ2v) is 4.98. The van der Waals surface area contributed by atoms with Gasteiger partial charge in [-0.3, -0.25) is 10.1 Å². The van der Waals surface area contributed by atoms with Crippen LogP contribution in [-0.2, 0) is 11.8 Å². The number of aliphatic hydroxyl groups excluding tert-OH is 1. The van der Waals surface area contributed by atoms with Gasteiger partial charge in [-0.25, -0.2) is 0 Å². The molecule has 1 aliphatic rings. The molecule has 1 aromatic rings. The summed E-state index contributed by atoms with van der Waals surface area (Å²) in [6, 6.07) is 0. The number of nitrogen functional groups attached to an aromatic ring is 1. The van der Waals surface area contributed by atoms with E-state index in [1.165, 1.54) is 0 Å². The normalized spacial score (nSPS) is 23.7. The zero-order valence-corrected chi connectivity index (χ0v) is 11.6. The van der Waals surface area contributed by atoms with Gasteiger partial charge in [-0.1, -0.05) is 0 Å². The molecule has 0 aromatic carbocycles. The molecule has 7 nitrogen and oxygen atoms in total. The van der Waals surface area contributed by atoms with Crippen LogP contribution < -0.4 is 10.6 Å². The molecule has 0 saturated carbocycles. The van der Waals surface area contributed by atoms with Crippen LogP contribution in [0, 0.1) is 12.3 Å². The summed E-state index contributed by atoms with van der Waals surface area (Å²) in [6.45, 7) is 5.04. The van der Waals surface area contributed by atoms with Crippen molar-refractivity contribution in [1.82, 2.24) is 9.78 Å². The van der Waals surface area contributed by atoms with Crippen LogP contribution in [0.4, 0.5) is 5.82 Å². The highest BCUT2D eigenvalue weighted by atomic mass is 16.5. The number of rotatable bonds is 3. The number of aromatic nitrogens is 2. The van der Waals surface area contributed by atoms with Crippen LogP contribution in [0.5, 0.6) is 0 Å². The number of nitrogens with zero attached hydrogens (tertiary/aromatic N) is 3. The Morgan fingerprint density at radius 3 is 2.84 bits per heavy atom. The summed E-state index contributed by atoms with van der Waals surface area (Å²) in [4.78, 5) is 2.08. The first kappa shape index (κ1) is 13.8. The molecule has 2 unspecified atom stereocenters. The van der Waals surface area contributed by atoms with Crippen LogP contribution in [0.2, 0.25) is 0 Å². The number of morpholine rings is 1. The van der Waals surface area contributed by atoms with Gasteiger partial charge < -0.3 is 20.5 Å². The molecule has 7 heteroatoms. The van der Waals surface area contributed by atoms with Crippen LogP contribution in [0.25, 0.3) is 0 Å². The molecule has 4 N–H and O–H groups in total. The minimum atomic E-state index is -0.223. The number of nitrogens with one attached hydrogen (secondary N) is 1. The van der Waals surface area contributed by atoms with E-state index in [4.69, 9.17) is 15.9 Å². The summed E-state index contributed by atoms with van der Waals surface area (Å²) in [5, 5.41) is 21.3. The lowest BCUT2D eigenvalue weighted by molar-refractivity contribution is -0.0424. The first-order chi connectivity index (χ1) is 8.93. The summed E-state index contributed by atoms with van der Waals surface area (Å²) in [7, 11) is 1.84. The molecule has 1 aliphatic heterocycles. The Hall–Kier alpha value is -1.60. The van der Waals surface area contributed by atoms with E-state index in [0.717, 1.165) is 11.5 Å². The fraction of sp³-hybridized carbons (Fsp3) is 0.667. The highest BCUT2D eigenvalue weighted by Crippen LogP contribution is 2.26. The van der Waals surface area contributed by atoms with Crippen molar-refractivity contribution in [1.29, 1.82) is 5.41 Å². The topological polar surface area (TPSA) is 100 Å². The Balaban J connectivity index is 2.38. The van der Waals surface area contributed by atoms with Crippen molar-refractivity contribution >= 4 is 11.7 Å². The number of nitrogens with two attached hydrogens (primary N) is 1. The molecule has 19 heavy (non-hydrogen) atoms. The Bertz CT molecular complexity index is 485. The van der Waals surface area contributed by atoms with Gasteiger partial charge in [0.1, 0.15) is 11.7 Å². The largest absolute Gasteiger partial charge is 0.394 e. The molecule has 1 saturated heterocycles. The third kappa shape index (κ3) is 2.57. The first-order valence-electron chi connectivity index (χ1n) is 6.33. The minimum Gasteiger partial charge on any atom is -0.394 e. The van der Waals surface area contributed by atoms with Crippen molar-refractivity contribution in [3.8, 4) is 0 Å². The highest BCUT2D eigenvalue weighted by Gasteiger charge is 2.29. The predicted octanol–water partition coefficient (Wildman–Crippen LogP) is -0.401. The molecule has 2 atom stereocenters. The third-order valence-corrected chi connectivity index (χ3v) is 3.29. The van der Waals surface area contributed by atoms with Crippen molar-refractivity contribution in [2.45, 2.75) is 26.1 Å². The van der Waals surface area contributed by atoms with E-state index in [1.807, 2.05) is 20.9 Å². The minimum absolute atomic E-state index is 0.0142. The fourth-order valence-corrected chi connectivity index (χ4v) is 2.64. The van der Waals surface area contributed by atoms with Gasteiger partial charge >= 0.3 is 0 Å². The second-order valence-electron chi connectivity index (χ2n) is 4.98. The van der Waals surface area contributed by atoms with E-state index < -0.39 is 0 Å². The van der Waals surface area contributed by atoms with Crippen molar-refractivity contribution in [3.05, 3.63) is 11.3 Å². The van der Waals surface area contributed by atoms with Gasteiger partial charge in [0, 0.05) is 20.1 Å². The lowest BCUT2D eigenvalue weighted by atomic mass is 10.1. The monoisotopic (exact) mass is 267 g/mol. The van der Waals surface area contributed by atoms with E-state index in [-0.39, 0.29) is 24.7 Å². The lowest BCUT2D eigenvalue weighted by Gasteiger charge is -2.37. The van der Waals surface area contributed by atoms with E-state index in [1.54, 1.807) is 4.68 Å². The van der Waals surface area contributed by atoms with Gasteiger partial charge in [0.2, 0.25) is 0 Å². The molecule has 0 amide bonds. The average molecular weight is 267 g/mol. The average Bonchev–Trinajstić information content (AvgIpc) is 2.63. The van der Waals surface area contributed by atoms with Gasteiger partial charge in [0.05, 0.1) is 30.1 Å². The summed E-state index contributed by atoms with van der Waals surface area (Å²) in [6.07, 6.45) is -0.209. The van der Waals surface area contributed by atoms with Gasteiger partial charge in [0.25, 0.3) is 0 Å². The number of anilines is 1. The smallest absolute Gasteiger partial charge is 0.138 e. The Morgan fingerprint density at radius 1 is 1.58 bits per heavy atom. The summed E-state index contributed by atoms with van der Waals surface area (Å²) in [5.41, 5.74) is 7.06. The molecule has 2 rings (SSSR count). The van der Waals surface area contributed by atoms with Crippen molar-refractivity contribution in [3.63, 3.8) is 0 Å². The highest BCUT2D eigenvalue weighted by molar-refractivity contribution is 6.00. The first-order valence-corrected chi connectivity index (χ1v) is 6.33. The Kier molecular flexibility index (Phi) is 3.77. The van der Waals surface area contributed by atoms with Crippen molar-refractivity contribution in [2.75, 3.05) is 24.6 Å². The number of hydrogen-bond donors (Lipinski definition) is 3. The van der Waals surface area contributed by atoms with Crippen LogP contribution in [0.15, 0.2) is 0 Å². The molecule has 0 aliphatic carbocycles. The summed E-state index contributed by atoms with van der Waals surface area (Å²) < 4.78 is 7.36. The predicted molar refractivity (Wildman–Crippen MR) is 72.6 cm³/mol. The van der Waals surface area contributed by atoms with E-state index >= 15 is 0 Å². The van der Waals surface area contributed by atoms with Crippen LogP contribution in [0.3, 0.4) is 0 Å². The molecule has 106 valence electrons. The molecule has 0 radical (unpaired) electrons. The van der Waals surface area contributed by atoms with Gasteiger partial charge in [-0.2, -0.15) is 5.10 Å². The maximum Gasteiger partial charge on any atom is 0.138 e. The number of hydrogen-bond acceptors (Lipinski definition) is 5. The molecule has 1 fully saturated rings. The molecule has 1 aromatic heterocycles. The van der Waals surface area contributed by atoms with Gasteiger partial charge in [0.15, 0.2) is 0 Å². The summed E-state index contributed by atoms with van der Waals surface area (Å²) >= 11 is 0. The number of aliphatic hydroxyl groups is 1. The SMILES string of the molecule is Cc1nn(C)c(N2CC(C)OC(CO)C2)c1C(=N)N. The molecular formula is C12H21N5O2. The van der Waals surface area contributed by atoms with Gasteiger partial charge in [-0.05, 0) is 13.8 Å². The zero-order chi connectivity index (χ0) is 14.2. The quantitative estimate of drug-likeness (QED) is 0.511. The van der Waals surface area contributed by atoms with Crippen molar-refractivity contribution in [2.24, 2.45) is 12.8 Å². The van der Waals surface area contributed by atoms with Gasteiger partial charge in [-0.15, -0.1) is 0 Å².